The molecule has 3 aliphatic heterocycles. The largest absolute Gasteiger partial charge is 0.454 e. The summed E-state index contributed by atoms with van der Waals surface area (Å²) in [5.74, 6) is 2.46. The van der Waals surface area contributed by atoms with Crippen molar-refractivity contribution in [1.82, 2.24) is 14.2 Å². The highest BCUT2D eigenvalue weighted by molar-refractivity contribution is 7.89. The van der Waals surface area contributed by atoms with E-state index in [0.29, 0.717) is 24.8 Å². The molecule has 2 aromatic rings. The monoisotopic (exact) mass is 444 g/mol. The molecule has 5 rings (SSSR count). The highest BCUT2D eigenvalue weighted by Crippen LogP contribution is 2.33. The molecule has 3 aliphatic rings. The van der Waals surface area contributed by atoms with Gasteiger partial charge in [-0.25, -0.2) is 13.4 Å². The Morgan fingerprint density at radius 1 is 0.871 bits per heavy atom. The fourth-order valence-corrected chi connectivity index (χ4v) is 5.86. The van der Waals surface area contributed by atoms with E-state index in [1.165, 1.54) is 11.8 Å². The van der Waals surface area contributed by atoms with Gasteiger partial charge < -0.3 is 14.4 Å². The van der Waals surface area contributed by atoms with Gasteiger partial charge in [0.1, 0.15) is 10.7 Å². The van der Waals surface area contributed by atoms with Crippen LogP contribution in [0.2, 0.25) is 0 Å². The summed E-state index contributed by atoms with van der Waals surface area (Å²) in [6.07, 6.45) is 4.48. The summed E-state index contributed by atoms with van der Waals surface area (Å²) in [7, 11) is -3.43. The Bertz CT molecular complexity index is 1010. The van der Waals surface area contributed by atoms with Crippen LogP contribution >= 0.6 is 0 Å². The number of rotatable bonds is 5. The Morgan fingerprint density at radius 2 is 1.65 bits per heavy atom. The fourth-order valence-electron chi connectivity index (χ4n) is 4.40. The van der Waals surface area contributed by atoms with Crippen molar-refractivity contribution >= 4 is 15.8 Å². The van der Waals surface area contributed by atoms with Crippen molar-refractivity contribution in [3.05, 3.63) is 42.1 Å². The number of benzene rings is 1. The molecule has 1 aromatic heterocycles. The molecule has 4 heterocycles. The van der Waals surface area contributed by atoms with Crippen molar-refractivity contribution in [3.8, 4) is 11.5 Å². The predicted octanol–water partition coefficient (Wildman–Crippen LogP) is 2.31. The van der Waals surface area contributed by atoms with Crippen LogP contribution in [0.5, 0.6) is 11.5 Å². The lowest BCUT2D eigenvalue weighted by Crippen LogP contribution is -2.46. The Kier molecular flexibility index (Phi) is 5.73. The van der Waals surface area contributed by atoms with Crippen LogP contribution in [0.3, 0.4) is 0 Å². The second-order valence-electron chi connectivity index (χ2n) is 8.27. The van der Waals surface area contributed by atoms with E-state index in [0.717, 1.165) is 69.3 Å². The molecule has 0 radical (unpaired) electrons. The van der Waals surface area contributed by atoms with Crippen LogP contribution in [0.25, 0.3) is 0 Å². The first-order valence-electron chi connectivity index (χ1n) is 10.9. The van der Waals surface area contributed by atoms with E-state index < -0.39 is 10.0 Å². The Balaban J connectivity index is 1.18. The summed E-state index contributed by atoms with van der Waals surface area (Å²) >= 11 is 0. The molecule has 0 saturated carbocycles. The molecule has 8 nitrogen and oxygen atoms in total. The molecule has 0 spiro atoms. The highest BCUT2D eigenvalue weighted by atomic mass is 32.2. The third kappa shape index (κ3) is 4.35. The summed E-state index contributed by atoms with van der Waals surface area (Å²) in [5, 5.41) is 0. The highest BCUT2D eigenvalue weighted by Gasteiger charge is 2.27. The van der Waals surface area contributed by atoms with Crippen molar-refractivity contribution in [1.29, 1.82) is 0 Å². The number of ether oxygens (including phenoxy) is 2. The molecule has 0 unspecified atom stereocenters. The quantitative estimate of drug-likeness (QED) is 0.701. The van der Waals surface area contributed by atoms with Crippen LogP contribution < -0.4 is 14.4 Å². The molecule has 2 saturated heterocycles. The Morgan fingerprint density at radius 3 is 2.39 bits per heavy atom. The number of hydrogen-bond donors (Lipinski definition) is 0. The molecule has 31 heavy (non-hydrogen) atoms. The van der Waals surface area contributed by atoms with E-state index in [2.05, 4.69) is 26.9 Å². The van der Waals surface area contributed by atoms with Gasteiger partial charge in [-0.3, -0.25) is 4.90 Å². The Labute approximate surface area is 183 Å². The van der Waals surface area contributed by atoms with Crippen LogP contribution in [0.4, 0.5) is 5.82 Å². The summed E-state index contributed by atoms with van der Waals surface area (Å²) in [4.78, 5) is 9.40. The van der Waals surface area contributed by atoms with E-state index in [1.54, 1.807) is 10.4 Å². The zero-order valence-corrected chi connectivity index (χ0v) is 18.4. The topological polar surface area (TPSA) is 75.2 Å². The molecule has 0 atom stereocenters. The number of nitrogens with zero attached hydrogens (tertiary/aromatic N) is 4. The molecule has 1 aromatic carbocycles. The van der Waals surface area contributed by atoms with Crippen molar-refractivity contribution in [2.45, 2.75) is 30.7 Å². The first kappa shape index (κ1) is 20.5. The van der Waals surface area contributed by atoms with Gasteiger partial charge in [-0.2, -0.15) is 4.31 Å². The minimum Gasteiger partial charge on any atom is -0.454 e. The van der Waals surface area contributed by atoms with Gasteiger partial charge in [-0.15, -0.1) is 0 Å². The number of sulfonamides is 1. The number of piperazine rings is 1. The SMILES string of the molecule is O=S(=O)(c1ccc(N2CCN(Cc3ccc4c(c3)OCO4)CC2)nc1)N1CCCCC1. The van der Waals surface area contributed by atoms with E-state index in [1.807, 2.05) is 12.1 Å². The maximum Gasteiger partial charge on any atom is 0.244 e. The normalized spacial score (nSPS) is 20.2. The van der Waals surface area contributed by atoms with Gasteiger partial charge in [0.2, 0.25) is 16.8 Å². The lowest BCUT2D eigenvalue weighted by atomic mass is 10.1. The van der Waals surface area contributed by atoms with Crippen LogP contribution in [0.15, 0.2) is 41.4 Å². The minimum atomic E-state index is -3.43. The maximum absolute atomic E-state index is 12.8. The summed E-state index contributed by atoms with van der Waals surface area (Å²) < 4.78 is 38.1. The summed E-state index contributed by atoms with van der Waals surface area (Å²) in [6, 6.07) is 9.65. The number of piperidine rings is 1. The first-order valence-corrected chi connectivity index (χ1v) is 12.4. The van der Waals surface area contributed by atoms with E-state index >= 15 is 0 Å². The fraction of sp³-hybridized carbons (Fsp3) is 0.500. The molecule has 9 heteroatoms. The maximum atomic E-state index is 12.8. The smallest absolute Gasteiger partial charge is 0.244 e. The molecule has 2 fully saturated rings. The van der Waals surface area contributed by atoms with Gasteiger partial charge in [0, 0.05) is 52.0 Å². The van der Waals surface area contributed by atoms with Gasteiger partial charge in [0.25, 0.3) is 0 Å². The van der Waals surface area contributed by atoms with Crippen LogP contribution in [0, 0.1) is 0 Å². The van der Waals surface area contributed by atoms with Crippen LogP contribution in [-0.2, 0) is 16.6 Å². The van der Waals surface area contributed by atoms with E-state index in [-0.39, 0.29) is 0 Å². The third-order valence-corrected chi connectivity index (χ3v) is 8.10. The van der Waals surface area contributed by atoms with Crippen LogP contribution in [0.1, 0.15) is 24.8 Å². The summed E-state index contributed by atoms with van der Waals surface area (Å²) in [6.45, 7) is 5.93. The first-order chi connectivity index (χ1) is 15.1. The van der Waals surface area contributed by atoms with Crippen molar-refractivity contribution in [2.24, 2.45) is 0 Å². The van der Waals surface area contributed by atoms with Crippen LogP contribution in [-0.4, -0.2) is 68.7 Å². The standard InChI is InChI=1S/C22H28N4O4S/c27-31(28,26-8-2-1-3-9-26)19-5-7-22(23-15-19)25-12-10-24(11-13-25)16-18-4-6-20-21(14-18)30-17-29-20/h4-7,14-15H,1-3,8-13,16-17H2. The Hall–Kier alpha value is -2.36. The lowest BCUT2D eigenvalue weighted by molar-refractivity contribution is 0.174. The molecular formula is C22H28N4O4S. The zero-order chi connectivity index (χ0) is 21.3. The molecule has 0 bridgehead atoms. The van der Waals surface area contributed by atoms with E-state index in [4.69, 9.17) is 9.47 Å². The number of aromatic nitrogens is 1. The average Bonchev–Trinajstić information content (AvgIpc) is 3.28. The van der Waals surface area contributed by atoms with Gasteiger partial charge in [-0.1, -0.05) is 12.5 Å². The second-order valence-corrected chi connectivity index (χ2v) is 10.2. The number of pyridine rings is 1. The van der Waals surface area contributed by atoms with Crippen molar-refractivity contribution in [2.75, 3.05) is 51.0 Å². The van der Waals surface area contributed by atoms with Crippen molar-refractivity contribution in [3.63, 3.8) is 0 Å². The molecular weight excluding hydrogens is 416 g/mol. The third-order valence-electron chi connectivity index (χ3n) is 6.21. The van der Waals surface area contributed by atoms with Crippen molar-refractivity contribution < 1.29 is 17.9 Å². The van der Waals surface area contributed by atoms with Gasteiger partial charge in [0.15, 0.2) is 11.5 Å². The predicted molar refractivity (Wildman–Crippen MR) is 117 cm³/mol. The molecule has 0 N–H and O–H groups in total. The lowest BCUT2D eigenvalue weighted by Gasteiger charge is -2.35. The second kappa shape index (κ2) is 8.64. The van der Waals surface area contributed by atoms with Gasteiger partial charge in [-0.05, 0) is 42.7 Å². The number of anilines is 1. The summed E-state index contributed by atoms with van der Waals surface area (Å²) in [5.41, 5.74) is 1.21. The average molecular weight is 445 g/mol. The molecule has 166 valence electrons. The molecule has 0 amide bonds. The molecule has 0 aliphatic carbocycles. The minimum absolute atomic E-state index is 0.291. The van der Waals surface area contributed by atoms with E-state index in [9.17, 15) is 8.42 Å². The van der Waals surface area contributed by atoms with Gasteiger partial charge >= 0.3 is 0 Å². The zero-order valence-electron chi connectivity index (χ0n) is 17.6. The number of hydrogen-bond acceptors (Lipinski definition) is 7. The van der Waals surface area contributed by atoms with Gasteiger partial charge in [0.05, 0.1) is 0 Å². The number of fused-ring (bicyclic) bond motifs is 1.